The summed E-state index contributed by atoms with van der Waals surface area (Å²) < 4.78 is 0. The lowest BCUT2D eigenvalue weighted by Crippen LogP contribution is -2.27. The van der Waals surface area contributed by atoms with Crippen LogP contribution in [0.3, 0.4) is 0 Å². The molecule has 0 saturated heterocycles. The van der Waals surface area contributed by atoms with Crippen LogP contribution >= 0.6 is 12.2 Å². The third-order valence-electron chi connectivity index (χ3n) is 1.77. The Morgan fingerprint density at radius 1 is 1.53 bits per heavy atom. The topological polar surface area (TPSA) is 75.3 Å². The molecule has 0 radical (unpaired) electrons. The second kappa shape index (κ2) is 5.31. The number of rotatable bonds is 4. The van der Waals surface area contributed by atoms with Crippen molar-refractivity contribution in [3.05, 3.63) is 29.8 Å². The molecule has 80 valence electrons. The first-order chi connectivity index (χ1) is 7.09. The molecule has 5 heteroatoms. The third-order valence-corrected chi connectivity index (χ3v) is 1.97. The molecule has 0 atom stereocenters. The van der Waals surface area contributed by atoms with Gasteiger partial charge in [0.15, 0.2) is 0 Å². The lowest BCUT2D eigenvalue weighted by Gasteiger charge is -2.04. The molecule has 0 aromatic heterocycles. The van der Waals surface area contributed by atoms with E-state index in [0.29, 0.717) is 23.5 Å². The van der Waals surface area contributed by atoms with Crippen molar-refractivity contribution in [1.29, 1.82) is 0 Å². The first kappa shape index (κ1) is 11.5. The van der Waals surface area contributed by atoms with Crippen molar-refractivity contribution in [3.63, 3.8) is 0 Å². The molecule has 0 unspecified atom stereocenters. The summed E-state index contributed by atoms with van der Waals surface area (Å²) in [5.74, 6) is -0.181. The molecule has 0 aliphatic carbocycles. The Balaban J connectivity index is 2.50. The van der Waals surface area contributed by atoms with Crippen LogP contribution in [0.1, 0.15) is 16.8 Å². The summed E-state index contributed by atoms with van der Waals surface area (Å²) in [5, 5.41) is 11.8. The normalized spacial score (nSPS) is 9.60. The van der Waals surface area contributed by atoms with Crippen molar-refractivity contribution in [2.24, 2.45) is 5.73 Å². The molecule has 1 aromatic rings. The number of hydrogen-bond donors (Lipinski definition) is 3. The van der Waals surface area contributed by atoms with Crippen molar-refractivity contribution in [2.45, 2.75) is 6.42 Å². The minimum atomic E-state index is -0.248. The molecule has 0 aliphatic rings. The van der Waals surface area contributed by atoms with Crippen LogP contribution in [0.15, 0.2) is 24.3 Å². The van der Waals surface area contributed by atoms with Gasteiger partial charge in [0.25, 0.3) is 5.91 Å². The third kappa shape index (κ3) is 3.95. The minimum absolute atomic E-state index is 0.0667. The van der Waals surface area contributed by atoms with Crippen LogP contribution in [0.5, 0.6) is 5.75 Å². The smallest absolute Gasteiger partial charge is 0.251 e. The van der Waals surface area contributed by atoms with E-state index in [0.717, 1.165) is 0 Å². The summed E-state index contributed by atoms with van der Waals surface area (Å²) in [6.45, 7) is 0.407. The minimum Gasteiger partial charge on any atom is -0.508 e. The molecule has 0 aliphatic heterocycles. The molecule has 0 heterocycles. The predicted molar refractivity (Wildman–Crippen MR) is 61.8 cm³/mol. The monoisotopic (exact) mass is 224 g/mol. The predicted octanol–water partition coefficient (Wildman–Crippen LogP) is 0.798. The Morgan fingerprint density at radius 2 is 2.27 bits per heavy atom. The van der Waals surface area contributed by atoms with Crippen molar-refractivity contribution >= 4 is 23.1 Å². The van der Waals surface area contributed by atoms with Gasteiger partial charge in [-0.05, 0) is 18.2 Å². The number of amides is 1. The van der Waals surface area contributed by atoms with Gasteiger partial charge in [0.1, 0.15) is 5.75 Å². The Hall–Kier alpha value is -1.62. The van der Waals surface area contributed by atoms with E-state index in [4.69, 9.17) is 10.8 Å². The lowest BCUT2D eigenvalue weighted by atomic mass is 10.2. The molecular weight excluding hydrogens is 212 g/mol. The SMILES string of the molecule is NC(=S)CCNC(=O)c1cccc(O)c1. The second-order valence-corrected chi connectivity index (χ2v) is 3.55. The highest BCUT2D eigenvalue weighted by molar-refractivity contribution is 7.80. The molecule has 0 fully saturated rings. The number of benzene rings is 1. The number of hydrogen-bond acceptors (Lipinski definition) is 3. The van der Waals surface area contributed by atoms with Crippen LogP contribution in [0.4, 0.5) is 0 Å². The van der Waals surface area contributed by atoms with Crippen LogP contribution in [-0.4, -0.2) is 22.5 Å². The van der Waals surface area contributed by atoms with Crippen molar-refractivity contribution in [3.8, 4) is 5.75 Å². The largest absolute Gasteiger partial charge is 0.508 e. The summed E-state index contributed by atoms with van der Waals surface area (Å²) in [4.78, 5) is 11.8. The van der Waals surface area contributed by atoms with Gasteiger partial charge in [-0.3, -0.25) is 4.79 Å². The first-order valence-electron chi connectivity index (χ1n) is 4.45. The molecule has 0 bridgehead atoms. The summed E-state index contributed by atoms with van der Waals surface area (Å²) in [5.41, 5.74) is 5.70. The van der Waals surface area contributed by atoms with Gasteiger partial charge in [-0.15, -0.1) is 0 Å². The maximum absolute atomic E-state index is 11.5. The van der Waals surface area contributed by atoms with E-state index in [9.17, 15) is 4.79 Å². The van der Waals surface area contributed by atoms with Gasteiger partial charge in [-0.25, -0.2) is 0 Å². The summed E-state index contributed by atoms with van der Waals surface area (Å²) >= 11 is 4.67. The Bertz CT molecular complexity index is 379. The maximum Gasteiger partial charge on any atom is 0.251 e. The highest BCUT2D eigenvalue weighted by Crippen LogP contribution is 2.10. The van der Waals surface area contributed by atoms with Gasteiger partial charge in [0.2, 0.25) is 0 Å². The van der Waals surface area contributed by atoms with E-state index in [-0.39, 0.29) is 11.7 Å². The molecular formula is C10H12N2O2S. The fraction of sp³-hybridized carbons (Fsp3) is 0.200. The number of nitrogens with one attached hydrogen (secondary N) is 1. The van der Waals surface area contributed by atoms with E-state index in [1.807, 2.05) is 0 Å². The number of aromatic hydroxyl groups is 1. The molecule has 4 N–H and O–H groups in total. The van der Waals surface area contributed by atoms with Crippen molar-refractivity contribution < 1.29 is 9.90 Å². The van der Waals surface area contributed by atoms with E-state index in [1.54, 1.807) is 12.1 Å². The number of nitrogens with two attached hydrogens (primary N) is 1. The van der Waals surface area contributed by atoms with E-state index in [2.05, 4.69) is 17.5 Å². The van der Waals surface area contributed by atoms with Gasteiger partial charge in [0.05, 0.1) is 4.99 Å². The Kier molecular flexibility index (Phi) is 4.05. The lowest BCUT2D eigenvalue weighted by molar-refractivity contribution is 0.0954. The molecule has 0 saturated carbocycles. The van der Waals surface area contributed by atoms with Crippen LogP contribution < -0.4 is 11.1 Å². The zero-order valence-corrected chi connectivity index (χ0v) is 8.88. The van der Waals surface area contributed by atoms with Gasteiger partial charge < -0.3 is 16.2 Å². The number of thiocarbonyl (C=S) groups is 1. The average Bonchev–Trinajstić information content (AvgIpc) is 2.17. The van der Waals surface area contributed by atoms with Crippen LogP contribution in [0.2, 0.25) is 0 Å². The van der Waals surface area contributed by atoms with Crippen molar-refractivity contribution in [2.75, 3.05) is 6.54 Å². The summed E-state index contributed by atoms with van der Waals surface area (Å²) in [7, 11) is 0. The summed E-state index contributed by atoms with van der Waals surface area (Å²) in [6.07, 6.45) is 0.472. The van der Waals surface area contributed by atoms with E-state index in [1.165, 1.54) is 12.1 Å². The standard InChI is InChI=1S/C10H12N2O2S/c11-9(15)4-5-12-10(14)7-2-1-3-8(13)6-7/h1-3,6,13H,4-5H2,(H2,11,15)(H,12,14). The van der Waals surface area contributed by atoms with E-state index >= 15 is 0 Å². The van der Waals surface area contributed by atoms with Crippen molar-refractivity contribution in [1.82, 2.24) is 5.32 Å². The molecule has 1 amide bonds. The van der Waals surface area contributed by atoms with Gasteiger partial charge in [0, 0.05) is 18.5 Å². The van der Waals surface area contributed by atoms with Gasteiger partial charge >= 0.3 is 0 Å². The molecule has 15 heavy (non-hydrogen) atoms. The molecule has 1 aromatic carbocycles. The number of carbonyl (C=O) groups excluding carboxylic acids is 1. The quantitative estimate of drug-likeness (QED) is 0.661. The number of phenols is 1. The maximum atomic E-state index is 11.5. The van der Waals surface area contributed by atoms with Crippen LogP contribution in [0.25, 0.3) is 0 Å². The van der Waals surface area contributed by atoms with Crippen LogP contribution in [0, 0.1) is 0 Å². The molecule has 0 spiro atoms. The number of carbonyl (C=O) groups is 1. The Labute approximate surface area is 93.1 Å². The highest BCUT2D eigenvalue weighted by Gasteiger charge is 2.04. The fourth-order valence-electron chi connectivity index (χ4n) is 1.05. The average molecular weight is 224 g/mol. The molecule has 4 nitrogen and oxygen atoms in total. The number of phenolic OH excluding ortho intramolecular Hbond substituents is 1. The summed E-state index contributed by atoms with van der Waals surface area (Å²) in [6, 6.07) is 6.13. The second-order valence-electron chi connectivity index (χ2n) is 3.02. The van der Waals surface area contributed by atoms with Gasteiger partial charge in [-0.2, -0.15) is 0 Å². The Morgan fingerprint density at radius 3 is 2.87 bits per heavy atom. The fourth-order valence-corrected chi connectivity index (χ4v) is 1.15. The van der Waals surface area contributed by atoms with Gasteiger partial charge in [-0.1, -0.05) is 18.3 Å². The zero-order valence-electron chi connectivity index (χ0n) is 8.06. The first-order valence-corrected chi connectivity index (χ1v) is 4.86. The van der Waals surface area contributed by atoms with E-state index < -0.39 is 0 Å². The van der Waals surface area contributed by atoms with Crippen LogP contribution in [-0.2, 0) is 0 Å². The zero-order chi connectivity index (χ0) is 11.3. The molecule has 1 rings (SSSR count). The highest BCUT2D eigenvalue weighted by atomic mass is 32.1.